The maximum atomic E-state index is 10.9. The van der Waals surface area contributed by atoms with Crippen LogP contribution in [0.25, 0.3) is 0 Å². The van der Waals surface area contributed by atoms with E-state index in [0.29, 0.717) is 6.42 Å². The maximum absolute atomic E-state index is 10.9. The van der Waals surface area contributed by atoms with Crippen molar-refractivity contribution in [3.8, 4) is 0 Å². The Kier molecular flexibility index (Phi) is 3.05. The Morgan fingerprint density at radius 1 is 1.71 bits per heavy atom. The number of hydrogen-bond donors (Lipinski definition) is 2. The van der Waals surface area contributed by atoms with Crippen molar-refractivity contribution in [3.63, 3.8) is 0 Å². The van der Waals surface area contributed by atoms with Gasteiger partial charge in [0.25, 0.3) is 0 Å². The van der Waals surface area contributed by atoms with Crippen molar-refractivity contribution in [3.05, 3.63) is 21.3 Å². The number of carbonyl (C=O) groups excluding carboxylic acids is 1. The number of hydrogen-bond acceptors (Lipinski definition) is 3. The predicted octanol–water partition coefficient (Wildman–Crippen LogP) is 1.38. The summed E-state index contributed by atoms with van der Waals surface area (Å²) >= 11 is 7.43. The molecule has 0 radical (unpaired) electrons. The first-order chi connectivity index (χ1) is 6.74. The second-order valence-corrected chi connectivity index (χ2v) is 4.75. The fourth-order valence-corrected chi connectivity index (χ4v) is 2.46. The van der Waals surface area contributed by atoms with Crippen molar-refractivity contribution in [2.24, 2.45) is 0 Å². The summed E-state index contributed by atoms with van der Waals surface area (Å²) in [4.78, 5) is 12.1. The zero-order chi connectivity index (χ0) is 9.97. The van der Waals surface area contributed by atoms with Gasteiger partial charge in [0.1, 0.15) is 0 Å². The first-order valence-electron chi connectivity index (χ1n) is 4.47. The Labute approximate surface area is 91.5 Å². The normalized spacial score (nSPS) is 21.2. The van der Waals surface area contributed by atoms with E-state index in [1.807, 2.05) is 11.4 Å². The van der Waals surface area contributed by atoms with Crippen LogP contribution in [0.1, 0.15) is 11.3 Å². The molecule has 2 rings (SSSR count). The molecular formula is C9H11ClN2OS. The third kappa shape index (κ3) is 2.47. The smallest absolute Gasteiger partial charge is 0.221 e. The molecule has 0 aliphatic carbocycles. The third-order valence-electron chi connectivity index (χ3n) is 2.16. The minimum absolute atomic E-state index is 0.131. The number of halogens is 1. The summed E-state index contributed by atoms with van der Waals surface area (Å²) in [5.41, 5.74) is 0. The molecule has 1 saturated heterocycles. The van der Waals surface area contributed by atoms with Crippen molar-refractivity contribution < 1.29 is 4.79 Å². The summed E-state index contributed by atoms with van der Waals surface area (Å²) in [5.74, 6) is 0.131. The van der Waals surface area contributed by atoms with Crippen LogP contribution in [-0.2, 0) is 11.3 Å². The summed E-state index contributed by atoms with van der Waals surface area (Å²) in [6.45, 7) is 1.52. The summed E-state index contributed by atoms with van der Waals surface area (Å²) in [7, 11) is 0. The second kappa shape index (κ2) is 4.29. The molecule has 0 spiro atoms. The first kappa shape index (κ1) is 9.96. The van der Waals surface area contributed by atoms with Gasteiger partial charge in [-0.25, -0.2) is 0 Å². The van der Waals surface area contributed by atoms with E-state index >= 15 is 0 Å². The van der Waals surface area contributed by atoms with Gasteiger partial charge in [0.2, 0.25) is 5.91 Å². The van der Waals surface area contributed by atoms with Crippen LogP contribution < -0.4 is 10.6 Å². The van der Waals surface area contributed by atoms with E-state index in [1.54, 1.807) is 11.3 Å². The molecule has 5 heteroatoms. The molecule has 14 heavy (non-hydrogen) atoms. The molecule has 0 aromatic carbocycles. The Bertz CT molecular complexity index is 339. The molecule has 1 aromatic heterocycles. The van der Waals surface area contributed by atoms with E-state index in [4.69, 9.17) is 11.6 Å². The van der Waals surface area contributed by atoms with Gasteiger partial charge in [-0.3, -0.25) is 4.79 Å². The lowest BCUT2D eigenvalue weighted by Crippen LogP contribution is -2.30. The highest BCUT2D eigenvalue weighted by Gasteiger charge is 2.20. The number of carbonyl (C=O) groups is 1. The van der Waals surface area contributed by atoms with Gasteiger partial charge in [-0.1, -0.05) is 11.6 Å². The number of thiophene rings is 1. The monoisotopic (exact) mass is 230 g/mol. The van der Waals surface area contributed by atoms with Crippen LogP contribution in [0, 0.1) is 0 Å². The lowest BCUT2D eigenvalue weighted by atomic mass is 10.2. The highest BCUT2D eigenvalue weighted by atomic mass is 35.5. The van der Waals surface area contributed by atoms with Crippen LogP contribution in [0.2, 0.25) is 5.02 Å². The van der Waals surface area contributed by atoms with Crippen molar-refractivity contribution in [1.82, 2.24) is 10.6 Å². The van der Waals surface area contributed by atoms with Crippen LogP contribution in [0.5, 0.6) is 0 Å². The SMILES string of the molecule is O=C1CC(NCc2cc(Cl)cs2)CN1. The van der Waals surface area contributed by atoms with Crippen molar-refractivity contribution in [2.45, 2.75) is 19.0 Å². The zero-order valence-corrected chi connectivity index (χ0v) is 9.12. The number of nitrogens with one attached hydrogen (secondary N) is 2. The Balaban J connectivity index is 1.80. The second-order valence-electron chi connectivity index (χ2n) is 3.32. The maximum Gasteiger partial charge on any atom is 0.221 e. The van der Waals surface area contributed by atoms with Gasteiger partial charge in [-0.15, -0.1) is 11.3 Å². The minimum Gasteiger partial charge on any atom is -0.354 e. The van der Waals surface area contributed by atoms with Gasteiger partial charge < -0.3 is 10.6 Å². The highest BCUT2D eigenvalue weighted by Crippen LogP contribution is 2.19. The van der Waals surface area contributed by atoms with E-state index in [9.17, 15) is 4.79 Å². The van der Waals surface area contributed by atoms with E-state index < -0.39 is 0 Å². The van der Waals surface area contributed by atoms with Gasteiger partial charge in [-0.2, -0.15) is 0 Å². The molecule has 1 aliphatic rings. The average molecular weight is 231 g/mol. The number of amides is 1. The van der Waals surface area contributed by atoms with Gasteiger partial charge in [0.15, 0.2) is 0 Å². The summed E-state index contributed by atoms with van der Waals surface area (Å²) in [5, 5.41) is 8.80. The van der Waals surface area contributed by atoms with E-state index in [2.05, 4.69) is 10.6 Å². The van der Waals surface area contributed by atoms with Crippen molar-refractivity contribution in [1.29, 1.82) is 0 Å². The molecule has 0 bridgehead atoms. The van der Waals surface area contributed by atoms with E-state index in [-0.39, 0.29) is 11.9 Å². The lowest BCUT2D eigenvalue weighted by Gasteiger charge is -2.07. The molecule has 76 valence electrons. The van der Waals surface area contributed by atoms with Gasteiger partial charge >= 0.3 is 0 Å². The van der Waals surface area contributed by atoms with E-state index in [0.717, 1.165) is 18.1 Å². The molecule has 1 amide bonds. The highest BCUT2D eigenvalue weighted by molar-refractivity contribution is 7.10. The Morgan fingerprint density at radius 2 is 2.57 bits per heavy atom. The van der Waals surface area contributed by atoms with E-state index in [1.165, 1.54) is 4.88 Å². The molecule has 1 unspecified atom stereocenters. The molecule has 1 aliphatic heterocycles. The lowest BCUT2D eigenvalue weighted by molar-refractivity contribution is -0.119. The largest absolute Gasteiger partial charge is 0.354 e. The Hall–Kier alpha value is -0.580. The first-order valence-corrected chi connectivity index (χ1v) is 5.73. The van der Waals surface area contributed by atoms with Crippen molar-refractivity contribution in [2.75, 3.05) is 6.54 Å². The fraction of sp³-hybridized carbons (Fsp3) is 0.444. The zero-order valence-electron chi connectivity index (χ0n) is 7.55. The summed E-state index contributed by atoms with van der Waals surface area (Å²) in [6, 6.07) is 2.21. The van der Waals surface area contributed by atoms with Crippen LogP contribution >= 0.6 is 22.9 Å². The number of rotatable bonds is 3. The minimum atomic E-state index is 0.131. The van der Waals surface area contributed by atoms with Crippen molar-refractivity contribution >= 4 is 28.8 Å². The van der Waals surface area contributed by atoms with Crippen LogP contribution in [0.15, 0.2) is 11.4 Å². The quantitative estimate of drug-likeness (QED) is 0.824. The molecule has 1 aromatic rings. The molecular weight excluding hydrogens is 220 g/mol. The summed E-state index contributed by atoms with van der Waals surface area (Å²) in [6.07, 6.45) is 0.582. The molecule has 2 heterocycles. The Morgan fingerprint density at radius 3 is 3.14 bits per heavy atom. The third-order valence-corrected chi connectivity index (χ3v) is 3.45. The molecule has 1 fully saturated rings. The average Bonchev–Trinajstić information content (AvgIpc) is 2.72. The van der Waals surface area contributed by atoms with Gasteiger partial charge in [0, 0.05) is 35.8 Å². The standard InChI is InChI=1S/C9H11ClN2OS/c10-6-1-8(14-5-6)4-11-7-2-9(13)12-3-7/h1,5,7,11H,2-4H2,(H,12,13). The molecule has 2 N–H and O–H groups in total. The topological polar surface area (TPSA) is 41.1 Å². The van der Waals surface area contributed by atoms with Gasteiger partial charge in [-0.05, 0) is 6.07 Å². The predicted molar refractivity (Wildman–Crippen MR) is 57.6 cm³/mol. The summed E-state index contributed by atoms with van der Waals surface area (Å²) < 4.78 is 0. The molecule has 3 nitrogen and oxygen atoms in total. The van der Waals surface area contributed by atoms with Crippen LogP contribution in [0.3, 0.4) is 0 Å². The molecule has 1 atom stereocenters. The fourth-order valence-electron chi connectivity index (χ4n) is 1.44. The van der Waals surface area contributed by atoms with Crippen LogP contribution in [0.4, 0.5) is 0 Å². The molecule has 0 saturated carbocycles. The van der Waals surface area contributed by atoms with Gasteiger partial charge in [0.05, 0.1) is 5.02 Å². The van der Waals surface area contributed by atoms with Crippen LogP contribution in [-0.4, -0.2) is 18.5 Å².